The van der Waals surface area contributed by atoms with Crippen molar-refractivity contribution in [2.75, 3.05) is 19.1 Å². The molecule has 0 aliphatic carbocycles. The summed E-state index contributed by atoms with van der Waals surface area (Å²) in [4.78, 5) is 27.5. The summed E-state index contributed by atoms with van der Waals surface area (Å²) in [5.74, 6) is -2.74. The van der Waals surface area contributed by atoms with Crippen molar-refractivity contribution in [3.05, 3.63) is 87.4 Å². The number of anilines is 1. The second-order valence-electron chi connectivity index (χ2n) is 7.96. The van der Waals surface area contributed by atoms with E-state index in [0.717, 1.165) is 17.0 Å². The Kier molecular flexibility index (Phi) is 7.48. The second-order valence-corrected chi connectivity index (χ2v) is 8.77. The van der Waals surface area contributed by atoms with Gasteiger partial charge in [0, 0.05) is 17.3 Å². The second kappa shape index (κ2) is 10.5. The number of aliphatic hydroxyl groups is 1. The van der Waals surface area contributed by atoms with E-state index in [0.29, 0.717) is 11.3 Å². The number of methoxy groups -OCH3 is 2. The van der Waals surface area contributed by atoms with Crippen LogP contribution in [0.1, 0.15) is 17.2 Å². The minimum absolute atomic E-state index is 0.0199. The van der Waals surface area contributed by atoms with E-state index in [1.165, 1.54) is 38.5 Å². The average molecular weight is 568 g/mol. The first kappa shape index (κ1) is 27.2. The molecule has 1 amide bonds. The van der Waals surface area contributed by atoms with Crippen LogP contribution in [0.3, 0.4) is 0 Å². The number of ketones is 1. The van der Waals surface area contributed by atoms with Crippen molar-refractivity contribution >= 4 is 46.3 Å². The van der Waals surface area contributed by atoms with Gasteiger partial charge in [0.05, 0.1) is 35.9 Å². The Balaban J connectivity index is 1.92. The summed E-state index contributed by atoms with van der Waals surface area (Å²) in [6.45, 7) is 0. The van der Waals surface area contributed by atoms with Gasteiger partial charge >= 0.3 is 6.36 Å². The van der Waals surface area contributed by atoms with Crippen molar-refractivity contribution in [3.63, 3.8) is 0 Å². The Morgan fingerprint density at radius 2 is 1.55 bits per heavy atom. The third-order valence-corrected chi connectivity index (χ3v) is 6.24. The van der Waals surface area contributed by atoms with E-state index in [9.17, 15) is 27.9 Å². The SMILES string of the molecule is COc1ccc(C2/C(=C(\O)c3cc(Cl)c(OC)c(Cl)c3)C(=O)C(=O)N2c2cccc(OC(F)(F)F)c2)cc1. The molecule has 1 atom stereocenters. The number of hydrogen-bond acceptors (Lipinski definition) is 6. The highest BCUT2D eigenvalue weighted by molar-refractivity contribution is 6.51. The van der Waals surface area contributed by atoms with Crippen LogP contribution in [-0.4, -0.2) is 37.4 Å². The number of nitrogens with zero attached hydrogens (tertiary/aromatic N) is 1. The van der Waals surface area contributed by atoms with E-state index < -0.39 is 35.6 Å². The van der Waals surface area contributed by atoms with E-state index in [1.807, 2.05) is 0 Å². The normalized spacial score (nSPS) is 17.0. The van der Waals surface area contributed by atoms with Gasteiger partial charge in [-0.3, -0.25) is 14.5 Å². The topological polar surface area (TPSA) is 85.3 Å². The molecule has 0 radical (unpaired) electrons. The van der Waals surface area contributed by atoms with Crippen molar-refractivity contribution in [2.24, 2.45) is 0 Å². The van der Waals surface area contributed by atoms with Gasteiger partial charge in [0.15, 0.2) is 5.75 Å². The molecule has 1 N–H and O–H groups in total. The minimum atomic E-state index is -4.98. The lowest BCUT2D eigenvalue weighted by molar-refractivity contribution is -0.274. The van der Waals surface area contributed by atoms with Gasteiger partial charge in [-0.1, -0.05) is 41.4 Å². The van der Waals surface area contributed by atoms with Gasteiger partial charge in [-0.15, -0.1) is 13.2 Å². The lowest BCUT2D eigenvalue weighted by atomic mass is 9.95. The summed E-state index contributed by atoms with van der Waals surface area (Å²) in [7, 11) is 2.79. The monoisotopic (exact) mass is 567 g/mol. The van der Waals surface area contributed by atoms with Crippen LogP contribution in [0, 0.1) is 0 Å². The van der Waals surface area contributed by atoms with E-state index in [1.54, 1.807) is 24.3 Å². The number of aliphatic hydroxyl groups excluding tert-OH is 1. The number of halogens is 5. The maximum atomic E-state index is 13.3. The zero-order valence-electron chi connectivity index (χ0n) is 19.7. The molecule has 7 nitrogen and oxygen atoms in total. The molecular formula is C26H18Cl2F3NO6. The van der Waals surface area contributed by atoms with Gasteiger partial charge < -0.3 is 19.3 Å². The maximum absolute atomic E-state index is 13.3. The maximum Gasteiger partial charge on any atom is 0.573 e. The number of ether oxygens (including phenoxy) is 3. The number of rotatable bonds is 6. The van der Waals surface area contributed by atoms with E-state index in [2.05, 4.69) is 4.74 Å². The third-order valence-electron chi connectivity index (χ3n) is 5.68. The highest BCUT2D eigenvalue weighted by Crippen LogP contribution is 2.44. The Hall–Kier alpha value is -3.89. The molecule has 1 aliphatic heterocycles. The molecule has 1 unspecified atom stereocenters. The van der Waals surface area contributed by atoms with Gasteiger partial charge in [0.1, 0.15) is 17.3 Å². The summed E-state index contributed by atoms with van der Waals surface area (Å²) in [5.41, 5.74) is -0.0232. The van der Waals surface area contributed by atoms with Gasteiger partial charge in [-0.05, 0) is 42.0 Å². The molecular weight excluding hydrogens is 550 g/mol. The lowest BCUT2D eigenvalue weighted by Gasteiger charge is -2.26. The van der Waals surface area contributed by atoms with Gasteiger partial charge in [-0.25, -0.2) is 0 Å². The van der Waals surface area contributed by atoms with Crippen LogP contribution in [0.25, 0.3) is 5.76 Å². The van der Waals surface area contributed by atoms with Crippen LogP contribution in [0.15, 0.2) is 66.2 Å². The molecule has 0 bridgehead atoms. The minimum Gasteiger partial charge on any atom is -0.507 e. The van der Waals surface area contributed by atoms with Crippen molar-refractivity contribution in [1.29, 1.82) is 0 Å². The standard InChI is InChI=1S/C26H18Cl2F3NO6/c1-36-16-8-6-13(7-9-16)21-20(22(33)14-10-18(27)24(37-2)19(28)11-14)23(34)25(35)32(21)15-4-3-5-17(12-15)38-26(29,30)31/h3-12,21,33H,1-2H3/b22-20+. The zero-order valence-corrected chi connectivity index (χ0v) is 21.2. The summed E-state index contributed by atoms with van der Waals surface area (Å²) in [6, 6.07) is 12.2. The summed E-state index contributed by atoms with van der Waals surface area (Å²) < 4.78 is 52.8. The Morgan fingerprint density at radius 3 is 2.11 bits per heavy atom. The molecule has 0 aromatic heterocycles. The smallest absolute Gasteiger partial charge is 0.507 e. The highest BCUT2D eigenvalue weighted by Gasteiger charge is 2.47. The van der Waals surface area contributed by atoms with Gasteiger partial charge in [0.2, 0.25) is 0 Å². The Bertz CT molecular complexity index is 1420. The van der Waals surface area contributed by atoms with E-state index in [4.69, 9.17) is 32.7 Å². The van der Waals surface area contributed by atoms with Crippen LogP contribution in [0.4, 0.5) is 18.9 Å². The zero-order chi connectivity index (χ0) is 27.8. The summed E-state index contributed by atoms with van der Waals surface area (Å²) in [5, 5.41) is 11.3. The molecule has 1 heterocycles. The number of carbonyl (C=O) groups excluding carboxylic acids is 2. The van der Waals surface area contributed by atoms with Crippen LogP contribution < -0.4 is 19.1 Å². The molecule has 0 saturated carbocycles. The third kappa shape index (κ3) is 5.23. The van der Waals surface area contributed by atoms with Crippen LogP contribution in [0.2, 0.25) is 10.0 Å². The average Bonchev–Trinajstić information content (AvgIpc) is 3.12. The fourth-order valence-corrected chi connectivity index (χ4v) is 4.72. The molecule has 38 heavy (non-hydrogen) atoms. The Morgan fingerprint density at radius 1 is 0.921 bits per heavy atom. The summed E-state index contributed by atoms with van der Waals surface area (Å²) >= 11 is 12.4. The van der Waals surface area contributed by atoms with E-state index >= 15 is 0 Å². The first-order chi connectivity index (χ1) is 17.9. The molecule has 12 heteroatoms. The van der Waals surface area contributed by atoms with Crippen LogP contribution in [0.5, 0.6) is 17.2 Å². The number of benzene rings is 3. The molecule has 3 aromatic carbocycles. The van der Waals surface area contributed by atoms with Crippen molar-refractivity contribution < 1.29 is 42.1 Å². The predicted molar refractivity (Wildman–Crippen MR) is 134 cm³/mol. The number of Topliss-reactive ketones (excluding diaryl/α,β-unsaturated/α-hetero) is 1. The van der Waals surface area contributed by atoms with Crippen molar-refractivity contribution in [2.45, 2.75) is 12.4 Å². The van der Waals surface area contributed by atoms with Gasteiger partial charge in [-0.2, -0.15) is 0 Å². The van der Waals surface area contributed by atoms with Crippen LogP contribution in [-0.2, 0) is 9.59 Å². The fraction of sp³-hybridized carbons (Fsp3) is 0.154. The molecule has 1 aliphatic rings. The first-order valence-corrected chi connectivity index (χ1v) is 11.5. The quantitative estimate of drug-likeness (QED) is 0.207. The lowest BCUT2D eigenvalue weighted by Crippen LogP contribution is -2.29. The molecule has 4 rings (SSSR count). The van der Waals surface area contributed by atoms with E-state index in [-0.39, 0.29) is 32.6 Å². The molecule has 1 fully saturated rings. The van der Waals surface area contributed by atoms with Crippen molar-refractivity contribution in [1.82, 2.24) is 0 Å². The first-order valence-electron chi connectivity index (χ1n) is 10.8. The number of hydrogen-bond donors (Lipinski definition) is 1. The number of alkyl halides is 3. The highest BCUT2D eigenvalue weighted by atomic mass is 35.5. The summed E-state index contributed by atoms with van der Waals surface area (Å²) in [6.07, 6.45) is -4.98. The largest absolute Gasteiger partial charge is 0.573 e. The Labute approximate surface area is 224 Å². The molecule has 3 aromatic rings. The molecule has 1 saturated heterocycles. The molecule has 0 spiro atoms. The fourth-order valence-electron chi connectivity index (χ4n) is 4.08. The number of carbonyl (C=O) groups is 2. The molecule has 198 valence electrons. The number of amides is 1. The van der Waals surface area contributed by atoms with Crippen LogP contribution >= 0.6 is 23.2 Å². The predicted octanol–water partition coefficient (Wildman–Crippen LogP) is 6.54. The van der Waals surface area contributed by atoms with Crippen molar-refractivity contribution in [3.8, 4) is 17.2 Å². The van der Waals surface area contributed by atoms with Gasteiger partial charge in [0.25, 0.3) is 11.7 Å².